The van der Waals surface area contributed by atoms with Crippen molar-refractivity contribution < 1.29 is 14.3 Å². The van der Waals surface area contributed by atoms with E-state index in [0.29, 0.717) is 27.9 Å². The molecule has 2 aromatic rings. The van der Waals surface area contributed by atoms with Gasteiger partial charge in [-0.15, -0.1) is 0 Å². The summed E-state index contributed by atoms with van der Waals surface area (Å²) in [5.74, 6) is 1.41. The van der Waals surface area contributed by atoms with Gasteiger partial charge in [-0.05, 0) is 30.3 Å². The molecule has 24 heavy (non-hydrogen) atoms. The molecule has 0 fully saturated rings. The first-order chi connectivity index (χ1) is 11.6. The number of halogens is 1. The summed E-state index contributed by atoms with van der Waals surface area (Å²) >= 11 is 6.16. The summed E-state index contributed by atoms with van der Waals surface area (Å²) in [5.41, 5.74) is 1.69. The Balaban J connectivity index is 1.99. The molecule has 1 N–H and O–H groups in total. The van der Waals surface area contributed by atoms with Crippen LogP contribution in [0.3, 0.4) is 0 Å². The van der Waals surface area contributed by atoms with Crippen molar-refractivity contribution in [1.82, 2.24) is 5.32 Å². The number of carbonyl (C=O) groups is 1. The Bertz CT molecular complexity index is 859. The van der Waals surface area contributed by atoms with Crippen LogP contribution in [0.5, 0.6) is 11.5 Å². The maximum absolute atomic E-state index is 12.2. The van der Waals surface area contributed by atoms with Crippen molar-refractivity contribution in [3.8, 4) is 11.5 Å². The van der Waals surface area contributed by atoms with E-state index in [-0.39, 0.29) is 11.6 Å². The van der Waals surface area contributed by atoms with Gasteiger partial charge in [0.1, 0.15) is 23.0 Å². The first kappa shape index (κ1) is 16.1. The molecule has 1 aliphatic heterocycles. The predicted octanol–water partition coefficient (Wildman–Crippen LogP) is 3.27. The lowest BCUT2D eigenvalue weighted by Crippen LogP contribution is -2.24. The molecular formula is C18H15ClN2O3. The van der Waals surface area contributed by atoms with Crippen LogP contribution < -0.4 is 14.8 Å². The Labute approximate surface area is 144 Å². The zero-order valence-electron chi connectivity index (χ0n) is 13.2. The zero-order chi connectivity index (χ0) is 17.1. The van der Waals surface area contributed by atoms with Crippen LogP contribution in [0.25, 0.3) is 6.08 Å². The molecule has 6 heteroatoms. The third kappa shape index (κ3) is 3.12. The maximum atomic E-state index is 12.2. The summed E-state index contributed by atoms with van der Waals surface area (Å²) in [5, 5.41) is 3.26. The number of hydrogen-bond donors (Lipinski definition) is 1. The molecule has 0 spiro atoms. The minimum atomic E-state index is -0.289. The van der Waals surface area contributed by atoms with Gasteiger partial charge < -0.3 is 14.8 Å². The van der Waals surface area contributed by atoms with Gasteiger partial charge in [0.15, 0.2) is 0 Å². The lowest BCUT2D eigenvalue weighted by atomic mass is 10.1. The summed E-state index contributed by atoms with van der Waals surface area (Å²) in [7, 11) is 3.14. The number of nitrogens with one attached hydrogen (secondary N) is 1. The Morgan fingerprint density at radius 2 is 1.92 bits per heavy atom. The highest BCUT2D eigenvalue weighted by Crippen LogP contribution is 2.28. The molecule has 0 saturated heterocycles. The lowest BCUT2D eigenvalue weighted by molar-refractivity contribution is -0.115. The van der Waals surface area contributed by atoms with Gasteiger partial charge in [0.25, 0.3) is 5.91 Å². The average molecular weight is 343 g/mol. The van der Waals surface area contributed by atoms with Crippen molar-refractivity contribution in [2.24, 2.45) is 4.99 Å². The van der Waals surface area contributed by atoms with Crippen LogP contribution in [0.1, 0.15) is 11.1 Å². The third-order valence-electron chi connectivity index (χ3n) is 3.56. The van der Waals surface area contributed by atoms with E-state index in [2.05, 4.69) is 10.3 Å². The highest BCUT2D eigenvalue weighted by molar-refractivity contribution is 6.35. The normalized spacial score (nSPS) is 15.2. The van der Waals surface area contributed by atoms with Gasteiger partial charge >= 0.3 is 0 Å². The van der Waals surface area contributed by atoms with Gasteiger partial charge in [0, 0.05) is 17.2 Å². The van der Waals surface area contributed by atoms with Crippen molar-refractivity contribution in [2.75, 3.05) is 14.2 Å². The van der Waals surface area contributed by atoms with Crippen LogP contribution in [0.4, 0.5) is 0 Å². The number of nitrogens with zero attached hydrogens (tertiary/aromatic N) is 1. The van der Waals surface area contributed by atoms with Crippen LogP contribution in [-0.4, -0.2) is 26.0 Å². The van der Waals surface area contributed by atoms with E-state index in [0.717, 1.165) is 5.56 Å². The van der Waals surface area contributed by atoms with Gasteiger partial charge in [-0.25, -0.2) is 4.99 Å². The predicted molar refractivity (Wildman–Crippen MR) is 93.7 cm³/mol. The van der Waals surface area contributed by atoms with Crippen molar-refractivity contribution in [3.63, 3.8) is 0 Å². The van der Waals surface area contributed by atoms with E-state index in [4.69, 9.17) is 21.1 Å². The van der Waals surface area contributed by atoms with Gasteiger partial charge in [0.05, 0.1) is 19.2 Å². The molecule has 122 valence electrons. The van der Waals surface area contributed by atoms with Crippen molar-refractivity contribution >= 4 is 29.4 Å². The second-order valence-corrected chi connectivity index (χ2v) is 5.44. The third-order valence-corrected chi connectivity index (χ3v) is 3.89. The highest BCUT2D eigenvalue weighted by Gasteiger charge is 2.22. The Hall–Kier alpha value is -2.79. The second kappa shape index (κ2) is 6.76. The number of benzene rings is 2. The fraction of sp³-hybridized carbons (Fsp3) is 0.111. The highest BCUT2D eigenvalue weighted by atomic mass is 35.5. The largest absolute Gasteiger partial charge is 0.497 e. The number of amidine groups is 1. The van der Waals surface area contributed by atoms with Crippen molar-refractivity contribution in [3.05, 3.63) is 64.3 Å². The fourth-order valence-electron chi connectivity index (χ4n) is 2.33. The van der Waals surface area contributed by atoms with E-state index in [1.54, 1.807) is 50.6 Å². The van der Waals surface area contributed by atoms with Gasteiger partial charge in [-0.2, -0.15) is 0 Å². The molecule has 3 rings (SSSR count). The van der Waals surface area contributed by atoms with Gasteiger partial charge in [-0.3, -0.25) is 4.79 Å². The molecule has 2 aromatic carbocycles. The number of methoxy groups -OCH3 is 2. The van der Waals surface area contributed by atoms with E-state index in [1.165, 1.54) is 0 Å². The number of ether oxygens (including phenoxy) is 2. The molecule has 0 saturated carbocycles. The number of hydrogen-bond acceptors (Lipinski definition) is 4. The zero-order valence-corrected chi connectivity index (χ0v) is 13.9. The molecule has 0 aromatic heterocycles. The van der Waals surface area contributed by atoms with Gasteiger partial charge in [-0.1, -0.05) is 23.7 Å². The lowest BCUT2D eigenvalue weighted by Gasteiger charge is -2.07. The summed E-state index contributed by atoms with van der Waals surface area (Å²) in [6, 6.07) is 12.6. The van der Waals surface area contributed by atoms with Crippen molar-refractivity contribution in [1.29, 1.82) is 0 Å². The first-order valence-electron chi connectivity index (χ1n) is 7.21. The Morgan fingerprint density at radius 1 is 1.12 bits per heavy atom. The van der Waals surface area contributed by atoms with Crippen LogP contribution in [0, 0.1) is 0 Å². The van der Waals surface area contributed by atoms with E-state index in [9.17, 15) is 4.79 Å². The summed E-state index contributed by atoms with van der Waals surface area (Å²) < 4.78 is 10.5. The van der Waals surface area contributed by atoms with Crippen LogP contribution in [0.2, 0.25) is 5.02 Å². The molecule has 1 heterocycles. The smallest absolute Gasteiger partial charge is 0.275 e. The molecule has 0 radical (unpaired) electrons. The monoisotopic (exact) mass is 342 g/mol. The van der Waals surface area contributed by atoms with Crippen LogP contribution in [-0.2, 0) is 4.79 Å². The molecule has 0 atom stereocenters. The summed E-state index contributed by atoms with van der Waals surface area (Å²) in [6.45, 7) is 0. The standard InChI is InChI=1S/C18H15ClN2O3/c1-23-12-8-7-11(16(10-12)24-2)9-15-18(22)21-17(20-15)13-5-3-4-6-14(13)19/h3-10H,1-2H3,(H,20,21,22)/b15-9+. The Kier molecular flexibility index (Phi) is 4.53. The van der Waals surface area contributed by atoms with E-state index >= 15 is 0 Å². The first-order valence-corrected chi connectivity index (χ1v) is 7.59. The molecule has 0 aliphatic carbocycles. The molecule has 1 aliphatic rings. The average Bonchev–Trinajstić information content (AvgIpc) is 2.96. The van der Waals surface area contributed by atoms with E-state index in [1.807, 2.05) is 12.1 Å². The molecule has 1 amide bonds. The maximum Gasteiger partial charge on any atom is 0.275 e. The van der Waals surface area contributed by atoms with Gasteiger partial charge in [0.2, 0.25) is 0 Å². The Morgan fingerprint density at radius 3 is 2.62 bits per heavy atom. The molecule has 0 unspecified atom stereocenters. The number of rotatable bonds is 4. The summed E-state index contributed by atoms with van der Waals surface area (Å²) in [6.07, 6.45) is 1.66. The minimum absolute atomic E-state index is 0.286. The van der Waals surface area contributed by atoms with Crippen LogP contribution >= 0.6 is 11.6 Å². The fourth-order valence-corrected chi connectivity index (χ4v) is 2.56. The second-order valence-electron chi connectivity index (χ2n) is 5.03. The van der Waals surface area contributed by atoms with Crippen molar-refractivity contribution in [2.45, 2.75) is 0 Å². The number of amides is 1. The summed E-state index contributed by atoms with van der Waals surface area (Å²) in [4.78, 5) is 16.6. The molecule has 5 nitrogen and oxygen atoms in total. The quantitative estimate of drug-likeness (QED) is 0.867. The SMILES string of the molecule is COc1ccc(/C=C2/N=C(c3ccccc3Cl)NC2=O)c(OC)c1. The molecular weight excluding hydrogens is 328 g/mol. The number of aliphatic imine (C=N–C) groups is 1. The van der Waals surface area contributed by atoms with E-state index < -0.39 is 0 Å². The minimum Gasteiger partial charge on any atom is -0.497 e. The molecule has 0 bridgehead atoms. The topological polar surface area (TPSA) is 59.9 Å². The van der Waals surface area contributed by atoms with Crippen LogP contribution in [0.15, 0.2) is 53.2 Å². The number of carbonyl (C=O) groups excluding carboxylic acids is 1.